The molecular formula is C16H19FN4O. The Hall–Kier alpha value is -2.37. The molecule has 2 N–H and O–H groups in total. The van der Waals surface area contributed by atoms with Crippen molar-refractivity contribution in [2.24, 2.45) is 0 Å². The number of rotatable bonds is 3. The molecular weight excluding hydrogens is 283 g/mol. The van der Waals surface area contributed by atoms with Crippen molar-refractivity contribution < 1.29 is 9.18 Å². The maximum atomic E-state index is 13.8. The van der Waals surface area contributed by atoms with Crippen molar-refractivity contribution in [3.8, 4) is 11.3 Å². The molecule has 0 saturated carbocycles. The Kier molecular flexibility index (Phi) is 4.09. The molecule has 2 aromatic rings. The molecule has 1 aromatic heterocycles. The first-order valence-corrected chi connectivity index (χ1v) is 7.55. The monoisotopic (exact) mass is 302 g/mol. The number of amides is 2. The van der Waals surface area contributed by atoms with Gasteiger partial charge in [0.1, 0.15) is 11.6 Å². The number of carbonyl (C=O) groups is 1. The van der Waals surface area contributed by atoms with Gasteiger partial charge in [-0.05, 0) is 31.9 Å². The van der Waals surface area contributed by atoms with Crippen LogP contribution in [0.3, 0.4) is 0 Å². The fourth-order valence-corrected chi connectivity index (χ4v) is 2.87. The summed E-state index contributed by atoms with van der Waals surface area (Å²) in [5.41, 5.74) is 1.12. The van der Waals surface area contributed by atoms with Gasteiger partial charge in [-0.3, -0.25) is 0 Å². The second-order valence-electron chi connectivity index (χ2n) is 5.35. The number of hydrogen-bond acceptors (Lipinski definition) is 2. The van der Waals surface area contributed by atoms with E-state index in [1.54, 1.807) is 29.3 Å². The van der Waals surface area contributed by atoms with Gasteiger partial charge in [-0.25, -0.2) is 14.2 Å². The molecule has 1 saturated heterocycles. The molecule has 0 radical (unpaired) electrons. The van der Waals surface area contributed by atoms with E-state index in [1.165, 1.54) is 6.07 Å². The van der Waals surface area contributed by atoms with Crippen molar-refractivity contribution in [1.82, 2.24) is 20.2 Å². The Morgan fingerprint density at radius 2 is 2.32 bits per heavy atom. The molecule has 6 heteroatoms. The number of imidazole rings is 1. The normalized spacial score (nSPS) is 17.7. The Morgan fingerprint density at radius 3 is 3.09 bits per heavy atom. The van der Waals surface area contributed by atoms with Crippen molar-refractivity contribution in [3.63, 3.8) is 0 Å². The van der Waals surface area contributed by atoms with Gasteiger partial charge in [0.15, 0.2) is 0 Å². The van der Waals surface area contributed by atoms with Gasteiger partial charge in [0.25, 0.3) is 0 Å². The minimum absolute atomic E-state index is 0.0751. The van der Waals surface area contributed by atoms with Crippen molar-refractivity contribution in [2.75, 3.05) is 13.1 Å². The molecule has 0 bridgehead atoms. The number of hydrogen-bond donors (Lipinski definition) is 2. The van der Waals surface area contributed by atoms with Crippen LogP contribution in [-0.4, -0.2) is 34.0 Å². The third kappa shape index (κ3) is 2.68. The zero-order chi connectivity index (χ0) is 15.5. The van der Waals surface area contributed by atoms with Crippen LogP contribution in [0.15, 0.2) is 30.5 Å². The summed E-state index contributed by atoms with van der Waals surface area (Å²) >= 11 is 0. The molecule has 116 valence electrons. The zero-order valence-corrected chi connectivity index (χ0v) is 12.5. The summed E-state index contributed by atoms with van der Waals surface area (Å²) in [5, 5.41) is 2.82. The van der Waals surface area contributed by atoms with Gasteiger partial charge in [-0.2, -0.15) is 0 Å². The Balaban J connectivity index is 1.84. The largest absolute Gasteiger partial charge is 0.340 e. The summed E-state index contributed by atoms with van der Waals surface area (Å²) in [6.45, 7) is 3.21. The molecule has 3 rings (SSSR count). The molecule has 1 aromatic carbocycles. The van der Waals surface area contributed by atoms with Crippen LogP contribution in [0, 0.1) is 5.82 Å². The van der Waals surface area contributed by atoms with Gasteiger partial charge in [0.05, 0.1) is 17.9 Å². The van der Waals surface area contributed by atoms with E-state index < -0.39 is 0 Å². The van der Waals surface area contributed by atoms with Crippen LogP contribution in [0.5, 0.6) is 0 Å². The van der Waals surface area contributed by atoms with Crippen LogP contribution in [0.2, 0.25) is 0 Å². The Labute approximate surface area is 128 Å². The van der Waals surface area contributed by atoms with E-state index in [0.29, 0.717) is 30.2 Å². The summed E-state index contributed by atoms with van der Waals surface area (Å²) in [7, 11) is 0. The molecule has 2 amide bonds. The second-order valence-corrected chi connectivity index (χ2v) is 5.35. The van der Waals surface area contributed by atoms with Crippen LogP contribution >= 0.6 is 0 Å². The predicted molar refractivity (Wildman–Crippen MR) is 81.7 cm³/mol. The van der Waals surface area contributed by atoms with E-state index in [9.17, 15) is 9.18 Å². The van der Waals surface area contributed by atoms with Crippen LogP contribution in [0.4, 0.5) is 9.18 Å². The Bertz CT molecular complexity index is 670. The van der Waals surface area contributed by atoms with Crippen LogP contribution in [0.25, 0.3) is 11.3 Å². The minimum atomic E-state index is -0.287. The number of urea groups is 1. The van der Waals surface area contributed by atoms with Gasteiger partial charge in [0, 0.05) is 18.7 Å². The van der Waals surface area contributed by atoms with Gasteiger partial charge < -0.3 is 15.2 Å². The third-order valence-corrected chi connectivity index (χ3v) is 3.92. The van der Waals surface area contributed by atoms with Crippen molar-refractivity contribution in [3.05, 3.63) is 42.1 Å². The highest BCUT2D eigenvalue weighted by atomic mass is 19.1. The SMILES string of the molecule is CCNC(=O)N1CCC[C@@H]1c1ncc(-c2ccccc2F)[nH]1. The lowest BCUT2D eigenvalue weighted by atomic mass is 10.1. The molecule has 22 heavy (non-hydrogen) atoms. The second kappa shape index (κ2) is 6.17. The average Bonchev–Trinajstić information content (AvgIpc) is 3.17. The third-order valence-electron chi connectivity index (χ3n) is 3.92. The topological polar surface area (TPSA) is 61.0 Å². The standard InChI is InChI=1S/C16H19FN4O/c1-2-18-16(22)21-9-5-8-14(21)15-19-10-13(20-15)11-6-3-4-7-12(11)17/h3-4,6-7,10,14H,2,5,8-9H2,1H3,(H,18,22)(H,19,20)/t14-/m1/s1. The molecule has 0 spiro atoms. The molecule has 5 nitrogen and oxygen atoms in total. The first-order chi connectivity index (χ1) is 10.7. The van der Waals surface area contributed by atoms with Crippen molar-refractivity contribution in [2.45, 2.75) is 25.8 Å². The molecule has 1 atom stereocenters. The van der Waals surface area contributed by atoms with E-state index in [1.807, 2.05) is 6.92 Å². The Morgan fingerprint density at radius 1 is 1.50 bits per heavy atom. The first kappa shape index (κ1) is 14.6. The average molecular weight is 302 g/mol. The van der Waals surface area contributed by atoms with Gasteiger partial charge >= 0.3 is 6.03 Å². The summed E-state index contributed by atoms with van der Waals surface area (Å²) in [4.78, 5) is 21.4. The van der Waals surface area contributed by atoms with E-state index >= 15 is 0 Å². The molecule has 2 heterocycles. The fourth-order valence-electron chi connectivity index (χ4n) is 2.87. The lowest BCUT2D eigenvalue weighted by Gasteiger charge is -2.23. The van der Waals surface area contributed by atoms with Gasteiger partial charge in [-0.1, -0.05) is 12.1 Å². The zero-order valence-electron chi connectivity index (χ0n) is 12.5. The van der Waals surface area contributed by atoms with Crippen LogP contribution < -0.4 is 5.32 Å². The number of nitrogens with zero attached hydrogens (tertiary/aromatic N) is 2. The number of aromatic nitrogens is 2. The lowest BCUT2D eigenvalue weighted by molar-refractivity contribution is 0.192. The molecule has 0 aliphatic carbocycles. The van der Waals surface area contributed by atoms with Gasteiger partial charge in [-0.15, -0.1) is 0 Å². The van der Waals surface area contributed by atoms with E-state index in [0.717, 1.165) is 12.8 Å². The maximum Gasteiger partial charge on any atom is 0.318 e. The van der Waals surface area contributed by atoms with E-state index in [-0.39, 0.29) is 17.9 Å². The van der Waals surface area contributed by atoms with E-state index in [2.05, 4.69) is 15.3 Å². The first-order valence-electron chi connectivity index (χ1n) is 7.55. The highest BCUT2D eigenvalue weighted by Gasteiger charge is 2.31. The summed E-state index contributed by atoms with van der Waals surface area (Å²) in [5.74, 6) is 0.423. The highest BCUT2D eigenvalue weighted by molar-refractivity contribution is 5.75. The lowest BCUT2D eigenvalue weighted by Crippen LogP contribution is -2.39. The van der Waals surface area contributed by atoms with E-state index in [4.69, 9.17) is 0 Å². The predicted octanol–water partition coefficient (Wildman–Crippen LogP) is 3.08. The maximum absolute atomic E-state index is 13.8. The quantitative estimate of drug-likeness (QED) is 0.915. The minimum Gasteiger partial charge on any atom is -0.340 e. The summed E-state index contributed by atoms with van der Waals surface area (Å²) in [6.07, 6.45) is 3.43. The fraction of sp³-hybridized carbons (Fsp3) is 0.375. The number of likely N-dealkylation sites (tertiary alicyclic amines) is 1. The number of carbonyl (C=O) groups excluding carboxylic acids is 1. The number of halogens is 1. The smallest absolute Gasteiger partial charge is 0.318 e. The summed E-state index contributed by atoms with van der Waals surface area (Å²) < 4.78 is 13.8. The molecule has 0 unspecified atom stereocenters. The number of nitrogens with one attached hydrogen (secondary N) is 2. The number of aromatic amines is 1. The molecule has 1 aliphatic heterocycles. The number of H-pyrrole nitrogens is 1. The van der Waals surface area contributed by atoms with Crippen LogP contribution in [0.1, 0.15) is 31.6 Å². The summed E-state index contributed by atoms with van der Waals surface area (Å²) in [6, 6.07) is 6.43. The number of benzene rings is 1. The van der Waals surface area contributed by atoms with Crippen molar-refractivity contribution in [1.29, 1.82) is 0 Å². The highest BCUT2D eigenvalue weighted by Crippen LogP contribution is 2.31. The molecule has 1 fully saturated rings. The van der Waals surface area contributed by atoms with Crippen LogP contribution in [-0.2, 0) is 0 Å². The molecule has 1 aliphatic rings. The van der Waals surface area contributed by atoms with Gasteiger partial charge in [0.2, 0.25) is 0 Å². The van der Waals surface area contributed by atoms with Crippen molar-refractivity contribution >= 4 is 6.03 Å².